The van der Waals surface area contributed by atoms with Gasteiger partial charge in [-0.15, -0.1) is 11.3 Å². The smallest absolute Gasteiger partial charge is 0.271 e. The van der Waals surface area contributed by atoms with Crippen LogP contribution in [0.5, 0.6) is 0 Å². The largest absolute Gasteiger partial charge is 0.393 e. The van der Waals surface area contributed by atoms with Crippen LogP contribution in [0.15, 0.2) is 30.2 Å². The number of rotatable bonds is 4. The number of nitrogens with one attached hydrogen (secondary N) is 1. The van der Waals surface area contributed by atoms with E-state index in [9.17, 15) is 9.90 Å². The molecule has 5 heterocycles. The van der Waals surface area contributed by atoms with Crippen molar-refractivity contribution in [1.82, 2.24) is 24.7 Å². The molecule has 10 heteroatoms. The van der Waals surface area contributed by atoms with Crippen LogP contribution >= 0.6 is 11.3 Å². The third kappa shape index (κ3) is 3.65. The van der Waals surface area contributed by atoms with Crippen LogP contribution in [0.2, 0.25) is 0 Å². The van der Waals surface area contributed by atoms with Crippen molar-refractivity contribution in [2.75, 3.05) is 36.0 Å². The van der Waals surface area contributed by atoms with Gasteiger partial charge < -0.3 is 24.6 Å². The summed E-state index contributed by atoms with van der Waals surface area (Å²) >= 11 is 1.48. The summed E-state index contributed by atoms with van der Waals surface area (Å²) in [5, 5.41) is 15.4. The molecule has 1 amide bonds. The summed E-state index contributed by atoms with van der Waals surface area (Å²) in [6.07, 6.45) is 9.44. The molecule has 2 fully saturated rings. The Balaban J connectivity index is 1.21. The summed E-state index contributed by atoms with van der Waals surface area (Å²) in [5.41, 5.74) is 1.29. The van der Waals surface area contributed by atoms with Gasteiger partial charge in [0.15, 0.2) is 16.6 Å². The summed E-state index contributed by atoms with van der Waals surface area (Å²) in [4.78, 5) is 30.4. The number of imidazole rings is 1. The van der Waals surface area contributed by atoms with E-state index < -0.39 is 0 Å². The average molecular weight is 414 g/mol. The lowest BCUT2D eigenvalue weighted by molar-refractivity contribution is 0.0936. The van der Waals surface area contributed by atoms with Crippen LogP contribution in [0, 0.1) is 0 Å². The van der Waals surface area contributed by atoms with Gasteiger partial charge in [-0.2, -0.15) is 0 Å². The molecule has 1 atom stereocenters. The first-order valence-electron chi connectivity index (χ1n) is 9.89. The number of fused-ring (bicyclic) bond motifs is 1. The number of anilines is 2. The monoisotopic (exact) mass is 413 g/mol. The lowest BCUT2D eigenvalue weighted by Gasteiger charge is -2.29. The first-order valence-corrected chi connectivity index (χ1v) is 10.8. The molecular weight excluding hydrogens is 390 g/mol. The van der Waals surface area contributed by atoms with Crippen molar-refractivity contribution in [3.63, 3.8) is 0 Å². The molecule has 2 saturated heterocycles. The van der Waals surface area contributed by atoms with E-state index in [1.165, 1.54) is 11.3 Å². The molecule has 5 rings (SSSR count). The fourth-order valence-electron chi connectivity index (χ4n) is 3.96. The minimum absolute atomic E-state index is 0.0507. The zero-order chi connectivity index (χ0) is 19.8. The molecule has 0 saturated carbocycles. The fourth-order valence-corrected chi connectivity index (χ4v) is 4.82. The van der Waals surface area contributed by atoms with E-state index in [1.54, 1.807) is 12.4 Å². The van der Waals surface area contributed by atoms with Gasteiger partial charge in [0.25, 0.3) is 5.91 Å². The predicted molar refractivity (Wildman–Crippen MR) is 111 cm³/mol. The second-order valence-electron chi connectivity index (χ2n) is 7.55. The van der Waals surface area contributed by atoms with Crippen LogP contribution in [0.25, 0.3) is 5.65 Å². The molecule has 1 unspecified atom stereocenters. The van der Waals surface area contributed by atoms with E-state index in [2.05, 4.69) is 30.1 Å². The Morgan fingerprint density at radius 3 is 2.69 bits per heavy atom. The van der Waals surface area contributed by atoms with Crippen molar-refractivity contribution in [3.8, 4) is 0 Å². The van der Waals surface area contributed by atoms with E-state index in [4.69, 9.17) is 0 Å². The highest BCUT2D eigenvalue weighted by Gasteiger charge is 2.28. The number of aromatic nitrogens is 4. The molecule has 2 aliphatic rings. The molecule has 3 aromatic heterocycles. The SMILES string of the molecule is O=C(NC1CCN(c2nccn3ccnc23)C1)c1csc(N2CCC(O)CC2)n1. The summed E-state index contributed by atoms with van der Waals surface area (Å²) < 4.78 is 1.95. The van der Waals surface area contributed by atoms with Gasteiger partial charge in [0.1, 0.15) is 5.69 Å². The normalized spacial score (nSPS) is 20.5. The van der Waals surface area contributed by atoms with Gasteiger partial charge in [0.05, 0.1) is 6.10 Å². The number of aliphatic hydroxyl groups excluding tert-OH is 1. The van der Waals surface area contributed by atoms with Gasteiger partial charge in [0.2, 0.25) is 0 Å². The summed E-state index contributed by atoms with van der Waals surface area (Å²) in [7, 11) is 0. The van der Waals surface area contributed by atoms with Gasteiger partial charge in [-0.25, -0.2) is 15.0 Å². The van der Waals surface area contributed by atoms with Gasteiger partial charge in [-0.1, -0.05) is 0 Å². The number of piperidine rings is 1. The Labute approximate surface area is 172 Å². The van der Waals surface area contributed by atoms with Crippen LogP contribution < -0.4 is 15.1 Å². The van der Waals surface area contributed by atoms with Gasteiger partial charge in [0, 0.05) is 62.4 Å². The summed E-state index contributed by atoms with van der Waals surface area (Å²) in [6, 6.07) is 0.0507. The van der Waals surface area contributed by atoms with E-state index >= 15 is 0 Å². The van der Waals surface area contributed by atoms with E-state index in [0.717, 1.165) is 55.5 Å². The number of amides is 1. The molecule has 152 valence electrons. The molecule has 0 aliphatic carbocycles. The van der Waals surface area contributed by atoms with Crippen molar-refractivity contribution in [1.29, 1.82) is 0 Å². The third-order valence-electron chi connectivity index (χ3n) is 5.58. The second kappa shape index (κ2) is 7.60. The van der Waals surface area contributed by atoms with Crippen LogP contribution in [-0.2, 0) is 0 Å². The third-order valence-corrected chi connectivity index (χ3v) is 6.48. The Morgan fingerprint density at radius 1 is 1.10 bits per heavy atom. The maximum absolute atomic E-state index is 12.7. The molecule has 3 aromatic rings. The van der Waals surface area contributed by atoms with Gasteiger partial charge in [-0.05, 0) is 19.3 Å². The maximum Gasteiger partial charge on any atom is 0.271 e. The quantitative estimate of drug-likeness (QED) is 0.662. The Morgan fingerprint density at radius 2 is 1.86 bits per heavy atom. The number of hydrogen-bond acceptors (Lipinski definition) is 8. The number of thiazole rings is 1. The highest BCUT2D eigenvalue weighted by molar-refractivity contribution is 7.13. The van der Waals surface area contributed by atoms with E-state index in [1.807, 2.05) is 22.2 Å². The van der Waals surface area contributed by atoms with Crippen molar-refractivity contribution < 1.29 is 9.90 Å². The van der Waals surface area contributed by atoms with Gasteiger partial charge in [-0.3, -0.25) is 4.79 Å². The zero-order valence-electron chi connectivity index (χ0n) is 15.9. The molecule has 0 aromatic carbocycles. The number of hydrogen-bond donors (Lipinski definition) is 2. The van der Waals surface area contributed by atoms with E-state index in [0.29, 0.717) is 12.2 Å². The number of carbonyl (C=O) groups excluding carboxylic acids is 1. The van der Waals surface area contributed by atoms with Crippen LogP contribution in [0.1, 0.15) is 29.8 Å². The van der Waals surface area contributed by atoms with Crippen molar-refractivity contribution >= 4 is 33.8 Å². The predicted octanol–water partition coefficient (Wildman–Crippen LogP) is 1.16. The van der Waals surface area contributed by atoms with Gasteiger partial charge >= 0.3 is 0 Å². The fraction of sp³-hybridized carbons (Fsp3) is 0.474. The zero-order valence-corrected chi connectivity index (χ0v) is 16.8. The lowest BCUT2D eigenvalue weighted by atomic mass is 10.1. The van der Waals surface area contributed by atoms with Crippen molar-refractivity contribution in [2.45, 2.75) is 31.4 Å². The summed E-state index contributed by atoms with van der Waals surface area (Å²) in [6.45, 7) is 3.08. The van der Waals surface area contributed by atoms with Crippen LogP contribution in [-0.4, -0.2) is 68.7 Å². The molecular formula is C19H23N7O2S. The van der Waals surface area contributed by atoms with E-state index in [-0.39, 0.29) is 18.1 Å². The van der Waals surface area contributed by atoms with Crippen molar-refractivity contribution in [3.05, 3.63) is 35.9 Å². The Hall–Kier alpha value is -2.72. The summed E-state index contributed by atoms with van der Waals surface area (Å²) in [5.74, 6) is 0.709. The maximum atomic E-state index is 12.7. The lowest BCUT2D eigenvalue weighted by Crippen LogP contribution is -2.38. The average Bonchev–Trinajstić information content (AvgIpc) is 3.48. The highest BCUT2D eigenvalue weighted by atomic mass is 32.1. The Bertz CT molecular complexity index is 1010. The minimum Gasteiger partial charge on any atom is -0.393 e. The van der Waals surface area contributed by atoms with Crippen molar-refractivity contribution in [2.24, 2.45) is 0 Å². The number of carbonyl (C=O) groups is 1. The first kappa shape index (κ1) is 18.3. The number of aliphatic hydroxyl groups is 1. The molecule has 9 nitrogen and oxygen atoms in total. The minimum atomic E-state index is -0.221. The molecule has 2 N–H and O–H groups in total. The molecule has 0 spiro atoms. The van der Waals surface area contributed by atoms with Crippen LogP contribution in [0.4, 0.5) is 10.9 Å². The standard InChI is InChI=1S/C19H23N7O2S/c27-14-2-7-25(8-3-14)19-23-15(12-29-19)18(28)22-13-1-6-26(11-13)17-16-20-4-9-24(16)10-5-21-17/h4-5,9-10,12-14,27H,1-3,6-8,11H2,(H,22,28). The first-order chi connectivity index (χ1) is 14.2. The molecule has 0 radical (unpaired) electrons. The highest BCUT2D eigenvalue weighted by Crippen LogP contribution is 2.25. The molecule has 2 aliphatic heterocycles. The van der Waals surface area contributed by atoms with Crippen LogP contribution in [0.3, 0.4) is 0 Å². The Kier molecular flexibility index (Phi) is 4.80. The second-order valence-corrected chi connectivity index (χ2v) is 8.38. The molecule has 0 bridgehead atoms. The topological polar surface area (TPSA) is 98.9 Å². The number of nitrogens with zero attached hydrogens (tertiary/aromatic N) is 6. The molecule has 29 heavy (non-hydrogen) atoms.